The second-order valence-corrected chi connectivity index (χ2v) is 3.96. The minimum Gasteiger partial charge on any atom is -0.390 e. The first kappa shape index (κ1) is 11.3. The average molecular weight is 223 g/mol. The Labute approximate surface area is 95.1 Å². The highest BCUT2D eigenvalue weighted by molar-refractivity contribution is 5.40. The number of methoxy groups -OCH3 is 1. The van der Waals surface area contributed by atoms with Gasteiger partial charge in [-0.1, -0.05) is 0 Å². The number of aliphatic hydroxyl groups is 1. The largest absolute Gasteiger partial charge is 0.390 e. The molecule has 1 aliphatic rings. The van der Waals surface area contributed by atoms with Crippen LogP contribution in [0.4, 0.5) is 5.82 Å². The summed E-state index contributed by atoms with van der Waals surface area (Å²) in [5.74, 6) is 0.872. The molecule has 0 spiro atoms. The number of hydrogen-bond donors (Lipinski definition) is 1. The predicted octanol–water partition coefficient (Wildman–Crippen LogP) is 0.584. The van der Waals surface area contributed by atoms with Crippen molar-refractivity contribution in [2.24, 2.45) is 0 Å². The standard InChI is InChI=1S/C11H17N3O2/c1-16-7-6-14(10-3-4-10)11-5-2-9(8-15)12-13-11/h2,5,10,15H,3-4,6-8H2,1H3. The fourth-order valence-electron chi connectivity index (χ4n) is 1.65. The van der Waals surface area contributed by atoms with Crippen LogP contribution in [-0.4, -0.2) is 41.6 Å². The topological polar surface area (TPSA) is 58.5 Å². The maximum Gasteiger partial charge on any atom is 0.151 e. The number of anilines is 1. The number of ether oxygens (including phenoxy) is 1. The van der Waals surface area contributed by atoms with Crippen LogP contribution in [0.25, 0.3) is 0 Å². The molecule has 2 rings (SSSR count). The molecule has 0 atom stereocenters. The van der Waals surface area contributed by atoms with Crippen LogP contribution in [0, 0.1) is 0 Å². The summed E-state index contributed by atoms with van der Waals surface area (Å²) in [6, 6.07) is 4.31. The first-order chi connectivity index (χ1) is 7.85. The highest BCUT2D eigenvalue weighted by atomic mass is 16.5. The van der Waals surface area contributed by atoms with Crippen molar-refractivity contribution in [2.75, 3.05) is 25.2 Å². The third-order valence-corrected chi connectivity index (χ3v) is 2.69. The van der Waals surface area contributed by atoms with Gasteiger partial charge >= 0.3 is 0 Å². The number of rotatable bonds is 6. The summed E-state index contributed by atoms with van der Waals surface area (Å²) in [5, 5.41) is 17.0. The molecule has 0 saturated heterocycles. The number of hydrogen-bond acceptors (Lipinski definition) is 5. The molecule has 5 nitrogen and oxygen atoms in total. The molecule has 1 heterocycles. The highest BCUT2D eigenvalue weighted by Gasteiger charge is 2.29. The Morgan fingerprint density at radius 3 is 2.75 bits per heavy atom. The van der Waals surface area contributed by atoms with E-state index in [1.807, 2.05) is 12.1 Å². The molecule has 1 fully saturated rings. The maximum absolute atomic E-state index is 8.89. The highest BCUT2D eigenvalue weighted by Crippen LogP contribution is 2.29. The molecule has 0 aromatic carbocycles. The molecule has 1 aromatic heterocycles. The molecular formula is C11H17N3O2. The molecule has 0 bridgehead atoms. The van der Waals surface area contributed by atoms with E-state index in [0.717, 1.165) is 12.4 Å². The molecule has 1 N–H and O–H groups in total. The molecule has 1 saturated carbocycles. The normalized spacial score (nSPS) is 15.1. The van der Waals surface area contributed by atoms with Crippen molar-refractivity contribution in [1.29, 1.82) is 0 Å². The first-order valence-corrected chi connectivity index (χ1v) is 5.54. The zero-order valence-electron chi connectivity index (χ0n) is 9.46. The monoisotopic (exact) mass is 223 g/mol. The molecule has 88 valence electrons. The van der Waals surface area contributed by atoms with E-state index in [-0.39, 0.29) is 6.61 Å². The Hall–Kier alpha value is -1.20. The van der Waals surface area contributed by atoms with Crippen molar-refractivity contribution >= 4 is 5.82 Å². The van der Waals surface area contributed by atoms with E-state index in [1.165, 1.54) is 12.8 Å². The summed E-state index contributed by atoms with van der Waals surface area (Å²) in [6.45, 7) is 1.48. The maximum atomic E-state index is 8.89. The molecule has 0 radical (unpaired) electrons. The summed E-state index contributed by atoms with van der Waals surface area (Å²) in [7, 11) is 1.70. The third-order valence-electron chi connectivity index (χ3n) is 2.69. The van der Waals surface area contributed by atoms with E-state index in [2.05, 4.69) is 15.1 Å². The molecule has 0 aliphatic heterocycles. The lowest BCUT2D eigenvalue weighted by Crippen LogP contribution is -2.30. The van der Waals surface area contributed by atoms with Gasteiger partial charge in [0.05, 0.1) is 18.9 Å². The van der Waals surface area contributed by atoms with E-state index >= 15 is 0 Å². The smallest absolute Gasteiger partial charge is 0.151 e. The van der Waals surface area contributed by atoms with Gasteiger partial charge in [-0.2, -0.15) is 5.10 Å². The van der Waals surface area contributed by atoms with Gasteiger partial charge in [0.15, 0.2) is 5.82 Å². The lowest BCUT2D eigenvalue weighted by Gasteiger charge is -2.22. The third kappa shape index (κ3) is 2.68. The van der Waals surface area contributed by atoms with Crippen LogP contribution in [0.5, 0.6) is 0 Å². The van der Waals surface area contributed by atoms with Crippen LogP contribution in [0.15, 0.2) is 12.1 Å². The van der Waals surface area contributed by atoms with Crippen LogP contribution < -0.4 is 4.90 Å². The lowest BCUT2D eigenvalue weighted by atomic mass is 10.3. The van der Waals surface area contributed by atoms with Gasteiger partial charge in [-0.05, 0) is 25.0 Å². The van der Waals surface area contributed by atoms with E-state index in [0.29, 0.717) is 18.3 Å². The van der Waals surface area contributed by atoms with Crippen molar-refractivity contribution in [3.63, 3.8) is 0 Å². The lowest BCUT2D eigenvalue weighted by molar-refractivity contribution is 0.204. The van der Waals surface area contributed by atoms with Gasteiger partial charge in [0.1, 0.15) is 0 Å². The van der Waals surface area contributed by atoms with Crippen LogP contribution >= 0.6 is 0 Å². The second-order valence-electron chi connectivity index (χ2n) is 3.96. The Morgan fingerprint density at radius 2 is 2.25 bits per heavy atom. The van der Waals surface area contributed by atoms with Crippen molar-refractivity contribution in [1.82, 2.24) is 10.2 Å². The Bertz CT molecular complexity index is 325. The second kappa shape index (κ2) is 5.23. The average Bonchev–Trinajstić information content (AvgIpc) is 3.15. The predicted molar refractivity (Wildman–Crippen MR) is 60.2 cm³/mol. The van der Waals surface area contributed by atoms with Gasteiger partial charge in [-0.3, -0.25) is 0 Å². The van der Waals surface area contributed by atoms with Gasteiger partial charge in [-0.25, -0.2) is 0 Å². The summed E-state index contributed by atoms with van der Waals surface area (Å²) < 4.78 is 5.09. The fourth-order valence-corrected chi connectivity index (χ4v) is 1.65. The van der Waals surface area contributed by atoms with E-state index < -0.39 is 0 Å². The summed E-state index contributed by atoms with van der Waals surface area (Å²) >= 11 is 0. The van der Waals surface area contributed by atoms with Gasteiger partial charge in [0, 0.05) is 19.7 Å². The van der Waals surface area contributed by atoms with E-state index in [9.17, 15) is 0 Å². The van der Waals surface area contributed by atoms with Crippen LogP contribution in [0.1, 0.15) is 18.5 Å². The Kier molecular flexibility index (Phi) is 3.69. The molecule has 0 unspecified atom stereocenters. The number of nitrogens with zero attached hydrogens (tertiary/aromatic N) is 3. The van der Waals surface area contributed by atoms with Crippen LogP contribution in [0.3, 0.4) is 0 Å². The molecule has 0 amide bonds. The minimum absolute atomic E-state index is 0.0607. The van der Waals surface area contributed by atoms with Crippen molar-refractivity contribution < 1.29 is 9.84 Å². The molecule has 1 aliphatic carbocycles. The minimum atomic E-state index is -0.0607. The van der Waals surface area contributed by atoms with Crippen LogP contribution in [-0.2, 0) is 11.3 Å². The molecule has 16 heavy (non-hydrogen) atoms. The van der Waals surface area contributed by atoms with Crippen molar-refractivity contribution in [2.45, 2.75) is 25.5 Å². The van der Waals surface area contributed by atoms with E-state index in [1.54, 1.807) is 7.11 Å². The number of aromatic nitrogens is 2. The van der Waals surface area contributed by atoms with Crippen molar-refractivity contribution in [3.05, 3.63) is 17.8 Å². The molecule has 5 heteroatoms. The van der Waals surface area contributed by atoms with Gasteiger partial charge < -0.3 is 14.7 Å². The Balaban J connectivity index is 2.05. The first-order valence-electron chi connectivity index (χ1n) is 5.54. The summed E-state index contributed by atoms with van der Waals surface area (Å²) in [4.78, 5) is 2.22. The van der Waals surface area contributed by atoms with Crippen molar-refractivity contribution in [3.8, 4) is 0 Å². The zero-order valence-corrected chi connectivity index (χ0v) is 9.46. The van der Waals surface area contributed by atoms with E-state index in [4.69, 9.17) is 9.84 Å². The van der Waals surface area contributed by atoms with Gasteiger partial charge in [0.2, 0.25) is 0 Å². The van der Waals surface area contributed by atoms with Crippen LogP contribution in [0.2, 0.25) is 0 Å². The zero-order chi connectivity index (χ0) is 11.4. The summed E-state index contributed by atoms with van der Waals surface area (Å²) in [5.41, 5.74) is 0.603. The van der Waals surface area contributed by atoms with Gasteiger partial charge in [-0.15, -0.1) is 5.10 Å². The SMILES string of the molecule is COCCN(c1ccc(CO)nn1)C1CC1. The summed E-state index contributed by atoms with van der Waals surface area (Å²) in [6.07, 6.45) is 2.43. The Morgan fingerprint density at radius 1 is 1.44 bits per heavy atom. The van der Waals surface area contributed by atoms with Gasteiger partial charge in [0.25, 0.3) is 0 Å². The fraction of sp³-hybridized carbons (Fsp3) is 0.636. The quantitative estimate of drug-likeness (QED) is 0.764. The molecular weight excluding hydrogens is 206 g/mol. The number of aliphatic hydroxyl groups excluding tert-OH is 1. The molecule has 1 aromatic rings.